The molecule has 0 saturated carbocycles. The van der Waals surface area contributed by atoms with Gasteiger partial charge in [-0.05, 0) is 12.6 Å². The van der Waals surface area contributed by atoms with Crippen LogP contribution in [0, 0.1) is 0 Å². The van der Waals surface area contributed by atoms with Crippen LogP contribution >= 0.6 is 0 Å². The number of hydrogen-bond donors (Lipinski definition) is 0. The van der Waals surface area contributed by atoms with E-state index in [1.165, 1.54) is 5.56 Å². The Morgan fingerprint density at radius 3 is 2.94 bits per heavy atom. The van der Waals surface area contributed by atoms with E-state index in [9.17, 15) is 0 Å². The highest BCUT2D eigenvalue weighted by Gasteiger charge is 2.41. The summed E-state index contributed by atoms with van der Waals surface area (Å²) in [5.41, 5.74) is 1.41. The number of fused-ring (bicyclic) bond motifs is 1. The molecule has 0 aromatic carbocycles. The van der Waals surface area contributed by atoms with Crippen LogP contribution in [0.15, 0.2) is 18.5 Å². The van der Waals surface area contributed by atoms with Crippen LogP contribution in [0.3, 0.4) is 0 Å². The maximum atomic E-state index is 6.14. The smallest absolute Gasteiger partial charge is 0.141 e. The van der Waals surface area contributed by atoms with Crippen molar-refractivity contribution in [3.63, 3.8) is 0 Å². The molecular formula is C13H18N2O. The van der Waals surface area contributed by atoms with Crippen LogP contribution in [0.1, 0.15) is 25.3 Å². The fourth-order valence-corrected chi connectivity index (χ4v) is 2.82. The Kier molecular flexibility index (Phi) is 2.36. The fraction of sp³-hybridized carbons (Fsp3) is 0.615. The van der Waals surface area contributed by atoms with Gasteiger partial charge < -0.3 is 9.64 Å². The molecule has 1 aromatic rings. The molecule has 16 heavy (non-hydrogen) atoms. The molecule has 0 unspecified atom stereocenters. The summed E-state index contributed by atoms with van der Waals surface area (Å²) >= 11 is 0. The summed E-state index contributed by atoms with van der Waals surface area (Å²) in [6.45, 7) is 5.71. The zero-order valence-electron chi connectivity index (χ0n) is 9.78. The van der Waals surface area contributed by atoms with Crippen molar-refractivity contribution in [2.24, 2.45) is 0 Å². The molecule has 0 N–H and O–H groups in total. The zero-order valence-corrected chi connectivity index (χ0v) is 9.78. The lowest BCUT2D eigenvalue weighted by Gasteiger charge is -2.38. The molecule has 86 valence electrons. The minimum Gasteiger partial charge on any atom is -0.485 e. The average molecular weight is 218 g/mol. The van der Waals surface area contributed by atoms with E-state index < -0.39 is 0 Å². The van der Waals surface area contributed by atoms with Crippen LogP contribution < -0.4 is 4.74 Å². The second-order valence-electron chi connectivity index (χ2n) is 4.88. The molecule has 1 saturated heterocycles. The standard InChI is InChI=1S/C13H18N2O/c1-2-15-7-4-13(5-8-15)9-11-3-6-14-10-12(11)16-13/h3,6,10H,2,4-5,7-9H2,1H3. The second-order valence-corrected chi connectivity index (χ2v) is 4.88. The average Bonchev–Trinajstić information content (AvgIpc) is 2.68. The van der Waals surface area contributed by atoms with Gasteiger partial charge in [0.25, 0.3) is 0 Å². The Hall–Kier alpha value is -1.09. The molecule has 3 heteroatoms. The van der Waals surface area contributed by atoms with E-state index in [-0.39, 0.29) is 5.60 Å². The maximum absolute atomic E-state index is 6.14. The Bertz CT molecular complexity index is 356. The van der Waals surface area contributed by atoms with Gasteiger partial charge in [0.2, 0.25) is 0 Å². The fourth-order valence-electron chi connectivity index (χ4n) is 2.82. The minimum absolute atomic E-state index is 0.0804. The van der Waals surface area contributed by atoms with Crippen LogP contribution in [-0.4, -0.2) is 35.1 Å². The van der Waals surface area contributed by atoms with Gasteiger partial charge in [-0.25, -0.2) is 0 Å². The molecule has 2 aliphatic rings. The van der Waals surface area contributed by atoms with Crippen molar-refractivity contribution in [2.75, 3.05) is 19.6 Å². The van der Waals surface area contributed by atoms with E-state index in [4.69, 9.17) is 4.74 Å². The third kappa shape index (κ3) is 1.59. The first-order valence-corrected chi connectivity index (χ1v) is 6.16. The quantitative estimate of drug-likeness (QED) is 0.719. The summed E-state index contributed by atoms with van der Waals surface area (Å²) in [6, 6.07) is 2.09. The van der Waals surface area contributed by atoms with E-state index >= 15 is 0 Å². The SMILES string of the molecule is CCN1CCC2(CC1)Cc1ccncc1O2. The summed E-state index contributed by atoms with van der Waals surface area (Å²) in [7, 11) is 0. The van der Waals surface area contributed by atoms with Gasteiger partial charge in [-0.1, -0.05) is 6.92 Å². The monoisotopic (exact) mass is 218 g/mol. The number of ether oxygens (including phenoxy) is 1. The Labute approximate surface area is 96.4 Å². The largest absolute Gasteiger partial charge is 0.485 e. The summed E-state index contributed by atoms with van der Waals surface area (Å²) in [6.07, 6.45) is 7.09. The summed E-state index contributed by atoms with van der Waals surface area (Å²) in [5, 5.41) is 0. The van der Waals surface area contributed by atoms with E-state index in [1.807, 2.05) is 12.4 Å². The Balaban J connectivity index is 1.75. The van der Waals surface area contributed by atoms with Gasteiger partial charge in [0.05, 0.1) is 6.20 Å². The van der Waals surface area contributed by atoms with Crippen LogP contribution in [0.4, 0.5) is 0 Å². The highest BCUT2D eigenvalue weighted by molar-refractivity contribution is 5.36. The molecule has 0 amide bonds. The molecule has 3 heterocycles. The third-order valence-electron chi connectivity index (χ3n) is 3.92. The van der Waals surface area contributed by atoms with Crippen LogP contribution in [0.25, 0.3) is 0 Å². The molecule has 1 spiro atoms. The van der Waals surface area contributed by atoms with Crippen molar-refractivity contribution < 1.29 is 4.74 Å². The van der Waals surface area contributed by atoms with Gasteiger partial charge in [-0.3, -0.25) is 4.98 Å². The number of aromatic nitrogens is 1. The van der Waals surface area contributed by atoms with Gasteiger partial charge >= 0.3 is 0 Å². The molecule has 0 atom stereocenters. The topological polar surface area (TPSA) is 25.4 Å². The first-order chi connectivity index (χ1) is 7.81. The summed E-state index contributed by atoms with van der Waals surface area (Å²) in [4.78, 5) is 6.63. The first kappa shape index (κ1) is 10.1. The summed E-state index contributed by atoms with van der Waals surface area (Å²) < 4.78 is 6.14. The van der Waals surface area contributed by atoms with Crippen molar-refractivity contribution in [3.05, 3.63) is 24.0 Å². The van der Waals surface area contributed by atoms with Gasteiger partial charge in [-0.15, -0.1) is 0 Å². The number of hydrogen-bond acceptors (Lipinski definition) is 3. The van der Waals surface area contributed by atoms with Crippen molar-refractivity contribution in [1.82, 2.24) is 9.88 Å². The lowest BCUT2D eigenvalue weighted by atomic mass is 9.87. The second kappa shape index (κ2) is 3.74. The van der Waals surface area contributed by atoms with Gasteiger partial charge in [-0.2, -0.15) is 0 Å². The summed E-state index contributed by atoms with van der Waals surface area (Å²) in [5.74, 6) is 1.01. The lowest BCUT2D eigenvalue weighted by Crippen LogP contribution is -2.47. The highest BCUT2D eigenvalue weighted by Crippen LogP contribution is 2.40. The Morgan fingerprint density at radius 2 is 2.25 bits per heavy atom. The predicted octanol–water partition coefficient (Wildman–Crippen LogP) is 1.87. The third-order valence-corrected chi connectivity index (χ3v) is 3.92. The van der Waals surface area contributed by atoms with Crippen LogP contribution in [-0.2, 0) is 6.42 Å². The van der Waals surface area contributed by atoms with E-state index in [0.29, 0.717) is 0 Å². The maximum Gasteiger partial charge on any atom is 0.141 e. The van der Waals surface area contributed by atoms with Crippen LogP contribution in [0.5, 0.6) is 5.75 Å². The molecule has 0 bridgehead atoms. The molecule has 1 fully saturated rings. The number of nitrogens with zero attached hydrogens (tertiary/aromatic N) is 2. The van der Waals surface area contributed by atoms with Crippen LogP contribution in [0.2, 0.25) is 0 Å². The van der Waals surface area contributed by atoms with E-state index in [2.05, 4.69) is 22.9 Å². The molecule has 0 aliphatic carbocycles. The Morgan fingerprint density at radius 1 is 1.44 bits per heavy atom. The number of piperidine rings is 1. The number of rotatable bonds is 1. The number of likely N-dealkylation sites (tertiary alicyclic amines) is 1. The zero-order chi connectivity index (χ0) is 11.0. The van der Waals surface area contributed by atoms with E-state index in [0.717, 1.165) is 44.6 Å². The highest BCUT2D eigenvalue weighted by atomic mass is 16.5. The normalized spacial score (nSPS) is 23.1. The van der Waals surface area contributed by atoms with Crippen molar-refractivity contribution in [1.29, 1.82) is 0 Å². The van der Waals surface area contributed by atoms with E-state index in [1.54, 1.807) is 0 Å². The molecule has 3 nitrogen and oxygen atoms in total. The van der Waals surface area contributed by atoms with Gasteiger partial charge in [0.15, 0.2) is 0 Å². The molecule has 1 aromatic heterocycles. The van der Waals surface area contributed by atoms with Crippen molar-refractivity contribution in [3.8, 4) is 5.75 Å². The minimum atomic E-state index is 0.0804. The van der Waals surface area contributed by atoms with Crippen molar-refractivity contribution >= 4 is 0 Å². The molecule has 2 aliphatic heterocycles. The van der Waals surface area contributed by atoms with Crippen molar-refractivity contribution in [2.45, 2.75) is 31.8 Å². The molecular weight excluding hydrogens is 200 g/mol. The molecule has 0 radical (unpaired) electrons. The predicted molar refractivity (Wildman–Crippen MR) is 62.6 cm³/mol. The number of pyridine rings is 1. The first-order valence-electron chi connectivity index (χ1n) is 6.16. The van der Waals surface area contributed by atoms with Gasteiger partial charge in [0, 0.05) is 44.1 Å². The lowest BCUT2D eigenvalue weighted by molar-refractivity contribution is 0.0209. The van der Waals surface area contributed by atoms with Gasteiger partial charge in [0.1, 0.15) is 11.4 Å². The molecule has 3 rings (SSSR count).